The molecule has 0 radical (unpaired) electrons. The maximum Gasteiger partial charge on any atom is 0.422 e. The Morgan fingerprint density at radius 1 is 1.19 bits per heavy atom. The molecule has 9 nitrogen and oxygen atoms in total. The number of pyridine rings is 1. The van der Waals surface area contributed by atoms with E-state index in [0.29, 0.717) is 0 Å². The number of nitrogens with one attached hydrogen (secondary N) is 1. The average molecular weight is 388 g/mol. The molecule has 3 aromatic heterocycles. The van der Waals surface area contributed by atoms with Crippen LogP contribution in [0.1, 0.15) is 16.6 Å². The van der Waals surface area contributed by atoms with Crippen molar-refractivity contribution in [3.8, 4) is 5.88 Å². The molecule has 138 valence electrons. The smallest absolute Gasteiger partial charge is 0.422 e. The molecule has 0 aliphatic carbocycles. The first-order valence-electron chi connectivity index (χ1n) is 6.97. The Morgan fingerprint density at radius 3 is 2.65 bits per heavy atom. The number of H-pyrrole nitrogens is 1. The number of primary sulfonamides is 1. The van der Waals surface area contributed by atoms with Gasteiger partial charge in [0.25, 0.3) is 0 Å². The number of alkyl halides is 3. The Balaban J connectivity index is 2.01. The third-order valence-electron chi connectivity index (χ3n) is 3.15. The van der Waals surface area contributed by atoms with Crippen molar-refractivity contribution in [3.63, 3.8) is 0 Å². The van der Waals surface area contributed by atoms with E-state index in [9.17, 15) is 21.6 Å². The van der Waals surface area contributed by atoms with E-state index in [-0.39, 0.29) is 22.7 Å². The summed E-state index contributed by atoms with van der Waals surface area (Å²) in [5.41, 5.74) is 0.267. The maximum atomic E-state index is 12.3. The summed E-state index contributed by atoms with van der Waals surface area (Å²) in [6, 6.07) is 3.75. The Morgan fingerprint density at radius 2 is 1.96 bits per heavy atom. The molecule has 0 amide bonds. The molecule has 13 heteroatoms. The number of imidazole rings is 1. The lowest BCUT2D eigenvalue weighted by Crippen LogP contribution is -2.25. The highest BCUT2D eigenvalue weighted by Crippen LogP contribution is 2.28. The number of ether oxygens (including phenoxy) is 1. The third-order valence-corrected chi connectivity index (χ3v) is 4.29. The van der Waals surface area contributed by atoms with Crippen LogP contribution >= 0.6 is 0 Å². The number of sulfonamides is 1. The van der Waals surface area contributed by atoms with E-state index >= 15 is 0 Å². The molecule has 1 atom stereocenters. The molecular weight excluding hydrogens is 377 g/mol. The van der Waals surface area contributed by atoms with Gasteiger partial charge in [0, 0.05) is 6.07 Å². The fourth-order valence-corrected chi connectivity index (χ4v) is 3.09. The molecular formula is C13H11F3N6O3S. The van der Waals surface area contributed by atoms with Crippen LogP contribution in [0.3, 0.4) is 0 Å². The van der Waals surface area contributed by atoms with Crippen molar-refractivity contribution in [2.75, 3.05) is 6.61 Å². The van der Waals surface area contributed by atoms with E-state index in [1.165, 1.54) is 24.5 Å². The number of rotatable bonds is 5. The van der Waals surface area contributed by atoms with Crippen molar-refractivity contribution >= 4 is 21.3 Å². The van der Waals surface area contributed by atoms with E-state index in [1.54, 1.807) is 0 Å². The molecule has 3 rings (SSSR count). The van der Waals surface area contributed by atoms with Crippen molar-refractivity contribution < 1.29 is 26.3 Å². The number of aromatic amines is 1. The van der Waals surface area contributed by atoms with E-state index < -0.39 is 33.9 Å². The van der Waals surface area contributed by atoms with Gasteiger partial charge in [0.05, 0.1) is 23.9 Å². The second-order valence-corrected chi connectivity index (χ2v) is 6.79. The number of nitrogens with zero attached hydrogens (tertiary/aromatic N) is 4. The summed E-state index contributed by atoms with van der Waals surface area (Å²) in [6.07, 6.45) is -2.08. The van der Waals surface area contributed by atoms with Gasteiger partial charge in [0.15, 0.2) is 23.2 Å². The second-order valence-electron chi connectivity index (χ2n) is 5.14. The summed E-state index contributed by atoms with van der Waals surface area (Å²) < 4.78 is 65.5. The number of fused-ring (bicyclic) bond motifs is 1. The summed E-state index contributed by atoms with van der Waals surface area (Å²) in [6.45, 7) is -1.57. The van der Waals surface area contributed by atoms with Crippen molar-refractivity contribution in [1.82, 2.24) is 24.9 Å². The topological polar surface area (TPSA) is 137 Å². The molecule has 3 heterocycles. The van der Waals surface area contributed by atoms with Gasteiger partial charge in [-0.2, -0.15) is 13.2 Å². The van der Waals surface area contributed by atoms with Gasteiger partial charge >= 0.3 is 6.18 Å². The molecule has 0 saturated carbocycles. The summed E-state index contributed by atoms with van der Waals surface area (Å²) in [5.74, 6) is -0.399. The molecule has 0 spiro atoms. The van der Waals surface area contributed by atoms with Crippen LogP contribution in [0.4, 0.5) is 13.2 Å². The molecule has 3 aromatic rings. The molecule has 0 aromatic carbocycles. The highest BCUT2D eigenvalue weighted by atomic mass is 32.2. The van der Waals surface area contributed by atoms with Crippen LogP contribution in [0.5, 0.6) is 5.88 Å². The summed E-state index contributed by atoms with van der Waals surface area (Å²) in [4.78, 5) is 18.4. The first kappa shape index (κ1) is 18.0. The lowest BCUT2D eigenvalue weighted by Gasteiger charge is -2.15. The van der Waals surface area contributed by atoms with Crippen molar-refractivity contribution in [2.45, 2.75) is 11.4 Å². The largest absolute Gasteiger partial charge is 0.468 e. The van der Waals surface area contributed by atoms with Crippen molar-refractivity contribution in [2.24, 2.45) is 5.14 Å². The maximum absolute atomic E-state index is 12.3. The monoisotopic (exact) mass is 388 g/mol. The minimum absolute atomic E-state index is 0.0651. The zero-order valence-electron chi connectivity index (χ0n) is 12.8. The first-order valence-corrected chi connectivity index (χ1v) is 8.58. The predicted molar refractivity (Wildman–Crippen MR) is 82.4 cm³/mol. The molecule has 0 aliphatic heterocycles. The van der Waals surface area contributed by atoms with Gasteiger partial charge in [-0.05, 0) is 6.07 Å². The van der Waals surface area contributed by atoms with Crippen LogP contribution in [0.15, 0.2) is 30.7 Å². The zero-order chi connectivity index (χ0) is 18.9. The highest BCUT2D eigenvalue weighted by molar-refractivity contribution is 7.89. The van der Waals surface area contributed by atoms with E-state index in [0.717, 1.165) is 6.20 Å². The normalized spacial score (nSPS) is 13.7. The lowest BCUT2D eigenvalue weighted by atomic mass is 10.2. The molecule has 1 unspecified atom stereocenters. The average Bonchev–Trinajstić information content (AvgIpc) is 2.99. The van der Waals surface area contributed by atoms with Gasteiger partial charge in [0.1, 0.15) is 0 Å². The van der Waals surface area contributed by atoms with E-state index in [1.807, 2.05) is 0 Å². The highest BCUT2D eigenvalue weighted by Gasteiger charge is 2.31. The SMILES string of the molecule is NS(=O)(=O)C(c1cccc(OCC(F)(F)F)n1)c1cnc2nc[nH]c2n1. The molecule has 0 aliphatic rings. The van der Waals surface area contributed by atoms with Gasteiger partial charge in [-0.3, -0.25) is 0 Å². The Labute approximate surface area is 144 Å². The van der Waals surface area contributed by atoms with Gasteiger partial charge in [-0.15, -0.1) is 0 Å². The van der Waals surface area contributed by atoms with Crippen molar-refractivity contribution in [3.05, 3.63) is 42.1 Å². The van der Waals surface area contributed by atoms with Crippen LogP contribution in [0.25, 0.3) is 11.3 Å². The lowest BCUT2D eigenvalue weighted by molar-refractivity contribution is -0.154. The van der Waals surface area contributed by atoms with Gasteiger partial charge < -0.3 is 9.72 Å². The van der Waals surface area contributed by atoms with Crippen LogP contribution in [0, 0.1) is 0 Å². The Bertz CT molecular complexity index is 1040. The minimum Gasteiger partial charge on any atom is -0.468 e. The van der Waals surface area contributed by atoms with Crippen molar-refractivity contribution in [1.29, 1.82) is 0 Å². The van der Waals surface area contributed by atoms with Crippen LogP contribution in [-0.4, -0.2) is 46.1 Å². The molecule has 0 saturated heterocycles. The van der Waals surface area contributed by atoms with E-state index in [4.69, 9.17) is 5.14 Å². The Kier molecular flexibility index (Phi) is 4.50. The number of halogens is 3. The minimum atomic E-state index is -4.56. The standard InChI is InChI=1S/C13H11F3N6O3S/c14-13(15,16)5-25-9-3-1-2-7(21-9)10(26(17,23)24)8-4-18-11-12(22-8)20-6-19-11/h1-4,6,10H,5H2,(H2,17,23,24)(H,18,19,20,22). The number of nitrogens with two attached hydrogens (primary N) is 1. The Hall–Kier alpha value is -2.80. The number of aromatic nitrogens is 5. The summed E-state index contributed by atoms with van der Waals surface area (Å²) in [7, 11) is -4.26. The first-order chi connectivity index (χ1) is 12.1. The van der Waals surface area contributed by atoms with Gasteiger partial charge in [0.2, 0.25) is 15.9 Å². The van der Waals surface area contributed by atoms with Crippen LogP contribution < -0.4 is 9.88 Å². The summed E-state index contributed by atoms with van der Waals surface area (Å²) in [5, 5.41) is 3.73. The van der Waals surface area contributed by atoms with Crippen LogP contribution in [-0.2, 0) is 10.0 Å². The molecule has 3 N–H and O–H groups in total. The summed E-state index contributed by atoms with van der Waals surface area (Å²) >= 11 is 0. The molecule has 0 fully saturated rings. The van der Waals surface area contributed by atoms with Gasteiger partial charge in [-0.25, -0.2) is 33.5 Å². The predicted octanol–water partition coefficient (Wildman–Crippen LogP) is 1.07. The molecule has 0 bridgehead atoms. The zero-order valence-corrected chi connectivity index (χ0v) is 13.6. The number of hydrogen-bond acceptors (Lipinski definition) is 7. The second kappa shape index (κ2) is 6.49. The van der Waals surface area contributed by atoms with Crippen LogP contribution in [0.2, 0.25) is 0 Å². The quantitative estimate of drug-likeness (QED) is 0.667. The fraction of sp³-hybridized carbons (Fsp3) is 0.231. The fourth-order valence-electron chi connectivity index (χ4n) is 2.17. The number of hydrogen-bond donors (Lipinski definition) is 2. The van der Waals surface area contributed by atoms with Gasteiger partial charge in [-0.1, -0.05) is 6.07 Å². The molecule has 26 heavy (non-hydrogen) atoms. The van der Waals surface area contributed by atoms with E-state index in [2.05, 4.69) is 29.7 Å². The third kappa shape index (κ3) is 4.05.